The number of likely N-dealkylation sites (N-methyl/N-ethyl adjacent to an activating group) is 1. The third-order valence-electron chi connectivity index (χ3n) is 2.10. The second-order valence-corrected chi connectivity index (χ2v) is 4.46. The average Bonchev–Trinajstić information content (AvgIpc) is 2.67. The van der Waals surface area contributed by atoms with E-state index < -0.39 is 6.10 Å². The van der Waals surface area contributed by atoms with Crippen LogP contribution in [0.3, 0.4) is 0 Å². The van der Waals surface area contributed by atoms with Crippen molar-refractivity contribution in [2.45, 2.75) is 25.9 Å². The molecule has 0 bridgehead atoms. The maximum atomic E-state index is 9.58. The summed E-state index contributed by atoms with van der Waals surface area (Å²) in [6.07, 6.45) is 1.46. The molecule has 1 unspecified atom stereocenters. The summed E-state index contributed by atoms with van der Waals surface area (Å²) in [7, 11) is 3.47. The Morgan fingerprint density at radius 2 is 2.31 bits per heavy atom. The summed E-state index contributed by atoms with van der Waals surface area (Å²) in [4.78, 5) is 6.30. The van der Waals surface area contributed by atoms with Crippen LogP contribution >= 0.6 is 11.5 Å². The maximum Gasteiger partial charge on any atom is 0.205 e. The molecule has 0 aliphatic rings. The Balaban J connectivity index is 2.48. The molecule has 0 saturated carbocycles. The van der Waals surface area contributed by atoms with Crippen molar-refractivity contribution < 1.29 is 9.84 Å². The topological polar surface area (TPSA) is 58.5 Å². The van der Waals surface area contributed by atoms with E-state index in [1.54, 1.807) is 7.11 Å². The molecule has 92 valence electrons. The number of aryl methyl sites for hydroxylation is 1. The first-order valence-corrected chi connectivity index (χ1v) is 6.15. The van der Waals surface area contributed by atoms with E-state index in [0.717, 1.165) is 23.8 Å². The number of anilines is 1. The van der Waals surface area contributed by atoms with Crippen molar-refractivity contribution in [3.05, 3.63) is 5.82 Å². The molecular weight excluding hydrogens is 226 g/mol. The number of aliphatic hydroxyl groups excluding tert-OH is 1. The average molecular weight is 245 g/mol. The van der Waals surface area contributed by atoms with E-state index in [4.69, 9.17) is 4.74 Å². The van der Waals surface area contributed by atoms with Gasteiger partial charge >= 0.3 is 0 Å². The maximum absolute atomic E-state index is 9.58. The number of aromatic nitrogens is 2. The molecule has 1 aromatic rings. The van der Waals surface area contributed by atoms with Gasteiger partial charge in [0.25, 0.3) is 0 Å². The zero-order valence-electron chi connectivity index (χ0n) is 10.0. The van der Waals surface area contributed by atoms with E-state index in [1.165, 1.54) is 11.5 Å². The lowest BCUT2D eigenvalue weighted by molar-refractivity contribution is 0.0695. The van der Waals surface area contributed by atoms with E-state index in [-0.39, 0.29) is 0 Å². The Morgan fingerprint density at radius 3 is 2.94 bits per heavy atom. The minimum absolute atomic E-state index is 0.338. The van der Waals surface area contributed by atoms with Gasteiger partial charge in [-0.05, 0) is 6.42 Å². The van der Waals surface area contributed by atoms with Gasteiger partial charge in [0.15, 0.2) is 0 Å². The van der Waals surface area contributed by atoms with E-state index in [1.807, 2.05) is 11.9 Å². The molecule has 0 amide bonds. The highest BCUT2D eigenvalue weighted by molar-refractivity contribution is 7.09. The zero-order chi connectivity index (χ0) is 12.0. The third-order valence-corrected chi connectivity index (χ3v) is 2.97. The fourth-order valence-corrected chi connectivity index (χ4v) is 2.04. The SMILES string of the molecule is CCCc1nsc(N(C)CC(O)COC)n1. The Kier molecular flexibility index (Phi) is 5.65. The Morgan fingerprint density at radius 1 is 1.56 bits per heavy atom. The molecule has 6 heteroatoms. The Hall–Kier alpha value is -0.720. The van der Waals surface area contributed by atoms with Crippen molar-refractivity contribution in [2.75, 3.05) is 32.2 Å². The number of hydrogen-bond donors (Lipinski definition) is 1. The summed E-state index contributed by atoms with van der Waals surface area (Å²) in [6.45, 7) is 2.95. The second-order valence-electron chi connectivity index (χ2n) is 3.73. The molecule has 0 radical (unpaired) electrons. The van der Waals surface area contributed by atoms with Crippen molar-refractivity contribution in [2.24, 2.45) is 0 Å². The lowest BCUT2D eigenvalue weighted by Gasteiger charge is -2.18. The van der Waals surface area contributed by atoms with Gasteiger partial charge in [0.1, 0.15) is 5.82 Å². The Labute approximate surface area is 100 Å². The number of rotatable bonds is 7. The van der Waals surface area contributed by atoms with Gasteiger partial charge in [-0.2, -0.15) is 4.37 Å². The van der Waals surface area contributed by atoms with Crippen LogP contribution in [0.5, 0.6) is 0 Å². The second kappa shape index (κ2) is 6.78. The van der Waals surface area contributed by atoms with Crippen LogP contribution in [0.2, 0.25) is 0 Å². The minimum Gasteiger partial charge on any atom is -0.389 e. The Bertz CT molecular complexity index is 306. The lowest BCUT2D eigenvalue weighted by atomic mass is 10.3. The quantitative estimate of drug-likeness (QED) is 0.774. The fourth-order valence-electron chi connectivity index (χ4n) is 1.36. The number of aliphatic hydroxyl groups is 1. The van der Waals surface area contributed by atoms with E-state index in [0.29, 0.717) is 13.2 Å². The standard InChI is InChI=1S/C10H19N3O2S/c1-4-5-9-11-10(16-12-9)13(2)6-8(14)7-15-3/h8,14H,4-7H2,1-3H3. The van der Waals surface area contributed by atoms with Crippen LogP contribution in [-0.2, 0) is 11.2 Å². The van der Waals surface area contributed by atoms with Crippen LogP contribution in [0.1, 0.15) is 19.2 Å². The third kappa shape index (κ3) is 4.03. The fraction of sp³-hybridized carbons (Fsp3) is 0.800. The van der Waals surface area contributed by atoms with Gasteiger partial charge in [0.2, 0.25) is 5.13 Å². The van der Waals surface area contributed by atoms with E-state index in [9.17, 15) is 5.11 Å². The molecular formula is C10H19N3O2S. The lowest BCUT2D eigenvalue weighted by Crippen LogP contribution is -2.31. The zero-order valence-corrected chi connectivity index (χ0v) is 10.8. The highest BCUT2D eigenvalue weighted by Crippen LogP contribution is 2.16. The van der Waals surface area contributed by atoms with E-state index >= 15 is 0 Å². The molecule has 0 aromatic carbocycles. The van der Waals surface area contributed by atoms with Crippen molar-refractivity contribution >= 4 is 16.7 Å². The molecule has 0 saturated heterocycles. The van der Waals surface area contributed by atoms with Gasteiger partial charge in [-0.1, -0.05) is 6.92 Å². The van der Waals surface area contributed by atoms with Gasteiger partial charge in [0.05, 0.1) is 12.7 Å². The van der Waals surface area contributed by atoms with E-state index in [2.05, 4.69) is 16.3 Å². The van der Waals surface area contributed by atoms with Crippen LogP contribution in [0.25, 0.3) is 0 Å². The number of methoxy groups -OCH3 is 1. The molecule has 0 aliphatic heterocycles. The summed E-state index contributed by atoms with van der Waals surface area (Å²) in [5, 5.41) is 10.4. The largest absolute Gasteiger partial charge is 0.389 e. The highest BCUT2D eigenvalue weighted by atomic mass is 32.1. The summed E-state index contributed by atoms with van der Waals surface area (Å²) >= 11 is 1.37. The van der Waals surface area contributed by atoms with Gasteiger partial charge in [-0.25, -0.2) is 4.98 Å². The number of nitrogens with zero attached hydrogens (tertiary/aromatic N) is 3. The van der Waals surface area contributed by atoms with Crippen LogP contribution in [-0.4, -0.2) is 47.9 Å². The van der Waals surface area contributed by atoms with Crippen LogP contribution in [0, 0.1) is 0 Å². The summed E-state index contributed by atoms with van der Waals surface area (Å²) in [6, 6.07) is 0. The first-order valence-electron chi connectivity index (χ1n) is 5.38. The van der Waals surface area contributed by atoms with Crippen molar-refractivity contribution in [1.82, 2.24) is 9.36 Å². The molecule has 1 atom stereocenters. The predicted octanol–water partition coefficient (Wildman–Crippen LogP) is 0.934. The minimum atomic E-state index is -0.492. The van der Waals surface area contributed by atoms with Gasteiger partial charge in [-0.3, -0.25) is 0 Å². The summed E-state index contributed by atoms with van der Waals surface area (Å²) in [5.41, 5.74) is 0. The van der Waals surface area contributed by atoms with Crippen LogP contribution < -0.4 is 4.90 Å². The number of ether oxygens (including phenoxy) is 1. The first-order chi connectivity index (χ1) is 7.67. The molecule has 1 rings (SSSR count). The van der Waals surface area contributed by atoms with Crippen LogP contribution in [0.15, 0.2) is 0 Å². The highest BCUT2D eigenvalue weighted by Gasteiger charge is 2.12. The predicted molar refractivity (Wildman–Crippen MR) is 65.1 cm³/mol. The number of hydrogen-bond acceptors (Lipinski definition) is 6. The molecule has 16 heavy (non-hydrogen) atoms. The summed E-state index contributed by atoms with van der Waals surface area (Å²) < 4.78 is 9.13. The molecule has 1 N–H and O–H groups in total. The van der Waals surface area contributed by atoms with Crippen LogP contribution in [0.4, 0.5) is 5.13 Å². The monoisotopic (exact) mass is 245 g/mol. The smallest absolute Gasteiger partial charge is 0.205 e. The van der Waals surface area contributed by atoms with Crippen molar-refractivity contribution in [1.29, 1.82) is 0 Å². The molecule has 1 aromatic heterocycles. The van der Waals surface area contributed by atoms with Gasteiger partial charge < -0.3 is 14.7 Å². The molecule has 0 aliphatic carbocycles. The summed E-state index contributed by atoms with van der Waals surface area (Å²) in [5.74, 6) is 0.885. The first kappa shape index (κ1) is 13.3. The molecule has 0 fully saturated rings. The van der Waals surface area contributed by atoms with Crippen molar-refractivity contribution in [3.8, 4) is 0 Å². The van der Waals surface area contributed by atoms with Gasteiger partial charge in [0, 0.05) is 38.7 Å². The normalized spacial score (nSPS) is 12.8. The van der Waals surface area contributed by atoms with Crippen molar-refractivity contribution in [3.63, 3.8) is 0 Å². The molecule has 5 nitrogen and oxygen atoms in total. The molecule has 0 spiro atoms. The molecule has 1 heterocycles. The van der Waals surface area contributed by atoms with Gasteiger partial charge in [-0.15, -0.1) is 0 Å².